The van der Waals surface area contributed by atoms with Gasteiger partial charge in [-0.05, 0) is 60.2 Å². The lowest BCUT2D eigenvalue weighted by Crippen LogP contribution is -2.33. The molecule has 160 valence electrons. The van der Waals surface area contributed by atoms with Crippen molar-refractivity contribution in [3.05, 3.63) is 67.3 Å². The summed E-state index contributed by atoms with van der Waals surface area (Å²) in [6.45, 7) is 4.91. The third kappa shape index (κ3) is 3.79. The molecule has 0 bridgehead atoms. The molecule has 0 unspecified atom stereocenters. The lowest BCUT2D eigenvalue weighted by molar-refractivity contribution is 0.0673. The molecular weight excluding hydrogens is 448 g/mol. The number of amides is 1. The van der Waals surface area contributed by atoms with Gasteiger partial charge in [0.25, 0.3) is 5.91 Å². The second-order valence-electron chi connectivity index (χ2n) is 8.11. The highest BCUT2D eigenvalue weighted by Gasteiger charge is 2.46. The molecule has 0 radical (unpaired) electrons. The second-order valence-corrected chi connectivity index (χ2v) is 10.5. The number of halogens is 1. The fraction of sp³-hybridized carbons (Fsp3) is 0.348. The Bertz CT molecular complexity index is 1150. The molecule has 1 aliphatic carbocycles. The van der Waals surface area contributed by atoms with E-state index in [9.17, 15) is 4.79 Å². The first-order chi connectivity index (χ1) is 15.0. The maximum absolute atomic E-state index is 13.6. The highest BCUT2D eigenvalue weighted by atomic mass is 35.5. The number of carbonyl (C=O) groups is 1. The summed E-state index contributed by atoms with van der Waals surface area (Å²) in [7, 11) is 0. The van der Waals surface area contributed by atoms with E-state index < -0.39 is 0 Å². The highest BCUT2D eigenvalue weighted by molar-refractivity contribution is 7.11. The molecule has 3 aromatic heterocycles. The van der Waals surface area contributed by atoms with Crippen molar-refractivity contribution in [2.75, 3.05) is 0 Å². The van der Waals surface area contributed by atoms with Crippen LogP contribution < -0.4 is 0 Å². The number of rotatable bonds is 4. The fourth-order valence-electron chi connectivity index (χ4n) is 4.55. The van der Waals surface area contributed by atoms with Crippen LogP contribution in [0.15, 0.2) is 51.9 Å². The maximum Gasteiger partial charge on any atom is 0.296 e. The molecule has 31 heavy (non-hydrogen) atoms. The molecule has 1 amide bonds. The molecule has 4 heterocycles. The van der Waals surface area contributed by atoms with E-state index in [1.165, 1.54) is 10.5 Å². The molecule has 0 saturated heterocycles. The summed E-state index contributed by atoms with van der Waals surface area (Å²) in [5.41, 5.74) is 2.53. The molecule has 0 spiro atoms. The molecule has 1 aliphatic heterocycles. The monoisotopic (exact) mass is 470 g/mol. The third-order valence-electron chi connectivity index (χ3n) is 5.91. The van der Waals surface area contributed by atoms with Gasteiger partial charge < -0.3 is 0 Å². The van der Waals surface area contributed by atoms with Crippen LogP contribution in [0.1, 0.15) is 53.0 Å². The van der Waals surface area contributed by atoms with Crippen molar-refractivity contribution in [2.45, 2.75) is 39.3 Å². The van der Waals surface area contributed by atoms with Crippen LogP contribution in [-0.4, -0.2) is 26.4 Å². The van der Waals surface area contributed by atoms with Crippen molar-refractivity contribution in [3.8, 4) is 0 Å². The average Bonchev–Trinajstić information content (AvgIpc) is 3.53. The fourth-order valence-corrected chi connectivity index (χ4v) is 6.34. The van der Waals surface area contributed by atoms with Crippen molar-refractivity contribution in [1.29, 1.82) is 0 Å². The number of hydrogen-bond acceptors (Lipinski definition) is 5. The molecule has 0 N–H and O–H groups in total. The molecule has 3 atom stereocenters. The van der Waals surface area contributed by atoms with Crippen molar-refractivity contribution >= 4 is 52.0 Å². The predicted octanol–water partition coefficient (Wildman–Crippen LogP) is 6.36. The highest BCUT2D eigenvalue weighted by Crippen LogP contribution is 2.47. The molecule has 0 aromatic carbocycles. The zero-order valence-electron chi connectivity index (χ0n) is 17.4. The number of hydrazone groups is 1. The van der Waals surface area contributed by atoms with Crippen molar-refractivity contribution in [2.24, 2.45) is 16.9 Å². The number of hydrogen-bond donors (Lipinski definition) is 0. The van der Waals surface area contributed by atoms with Crippen LogP contribution >= 0.6 is 34.3 Å². The van der Waals surface area contributed by atoms with Crippen molar-refractivity contribution in [1.82, 2.24) is 14.8 Å². The number of aryl methyl sites for hydroxylation is 1. The minimum absolute atomic E-state index is 0.125. The number of nitrogens with zero attached hydrogens (tertiary/aromatic N) is 4. The third-order valence-corrected chi connectivity index (χ3v) is 7.95. The van der Waals surface area contributed by atoms with Crippen molar-refractivity contribution in [3.63, 3.8) is 0 Å². The molecule has 5 rings (SSSR count). The SMILES string of the molecule is CCn1cc(Cl)c(C(=O)N2N=C3/C(=C/c4cccs4)C[C@@H](C)C[C@@H]3[C@@H]2c2cccs2)n1. The topological polar surface area (TPSA) is 50.5 Å². The van der Waals surface area contributed by atoms with E-state index in [-0.39, 0.29) is 23.6 Å². The van der Waals surface area contributed by atoms with Gasteiger partial charge in [-0.15, -0.1) is 22.7 Å². The summed E-state index contributed by atoms with van der Waals surface area (Å²) in [6, 6.07) is 8.20. The van der Waals surface area contributed by atoms with E-state index in [2.05, 4.69) is 47.1 Å². The molecule has 8 heteroatoms. The lowest BCUT2D eigenvalue weighted by Gasteiger charge is -2.31. The Balaban J connectivity index is 1.59. The van der Waals surface area contributed by atoms with Crippen LogP contribution in [0.3, 0.4) is 0 Å². The van der Waals surface area contributed by atoms with Crippen molar-refractivity contribution < 1.29 is 4.79 Å². The van der Waals surface area contributed by atoms with E-state index in [1.807, 2.05) is 13.0 Å². The molecule has 1 saturated carbocycles. The van der Waals surface area contributed by atoms with Gasteiger partial charge >= 0.3 is 0 Å². The Hall–Kier alpha value is -2.22. The molecule has 3 aromatic rings. The Labute approximate surface area is 194 Å². The van der Waals surface area contributed by atoms with E-state index in [0.717, 1.165) is 23.4 Å². The van der Waals surface area contributed by atoms with Crippen LogP contribution in [0.4, 0.5) is 0 Å². The largest absolute Gasteiger partial charge is 0.296 e. The standard InChI is InChI=1S/C23H23ClN4OS2/c1-3-27-13-18(24)21(25-27)23(29)28-22(19-7-5-9-31-19)17-11-14(2)10-15(20(17)26-28)12-16-6-4-8-30-16/h4-9,12-14,17,22H,3,10-11H2,1-2H3/b15-12+/t14-,17+,22-/m1/s1. The number of thiophene rings is 2. The smallest absolute Gasteiger partial charge is 0.271 e. The first-order valence-corrected chi connectivity index (χ1v) is 12.6. The normalized spacial score (nSPS) is 24.5. The average molecular weight is 471 g/mol. The summed E-state index contributed by atoms with van der Waals surface area (Å²) in [6.07, 6.45) is 5.92. The second kappa shape index (κ2) is 8.37. The number of carbonyl (C=O) groups excluding carboxylic acids is 1. The van der Waals surface area contributed by atoms with E-state index in [4.69, 9.17) is 16.7 Å². The van der Waals surface area contributed by atoms with E-state index in [0.29, 0.717) is 17.5 Å². The van der Waals surface area contributed by atoms with Gasteiger partial charge in [0, 0.05) is 28.4 Å². The summed E-state index contributed by atoms with van der Waals surface area (Å²) in [5, 5.41) is 15.5. The molecular formula is C23H23ClN4OS2. The molecule has 2 aliphatic rings. The van der Waals surface area contributed by atoms with Crippen LogP contribution in [0.25, 0.3) is 6.08 Å². The Kier molecular flexibility index (Phi) is 5.58. The quantitative estimate of drug-likeness (QED) is 0.445. The Morgan fingerprint density at radius 3 is 2.77 bits per heavy atom. The van der Waals surface area contributed by atoms with Gasteiger partial charge in [-0.1, -0.05) is 30.7 Å². The molecule has 1 fully saturated rings. The maximum atomic E-state index is 13.6. The van der Waals surface area contributed by atoms with Gasteiger partial charge in [0.05, 0.1) is 16.8 Å². The predicted molar refractivity (Wildman–Crippen MR) is 128 cm³/mol. The van der Waals surface area contributed by atoms with Gasteiger partial charge in [0.1, 0.15) is 0 Å². The van der Waals surface area contributed by atoms with Crippen LogP contribution in [0.5, 0.6) is 0 Å². The number of allylic oxidation sites excluding steroid dienone is 1. The van der Waals surface area contributed by atoms with Crippen LogP contribution in [-0.2, 0) is 6.54 Å². The summed E-state index contributed by atoms with van der Waals surface area (Å²) >= 11 is 9.77. The minimum atomic E-state index is -0.236. The Morgan fingerprint density at radius 1 is 1.29 bits per heavy atom. The Morgan fingerprint density at radius 2 is 2.10 bits per heavy atom. The number of aromatic nitrogens is 2. The van der Waals surface area contributed by atoms with E-state index >= 15 is 0 Å². The lowest BCUT2D eigenvalue weighted by atomic mass is 9.74. The van der Waals surface area contributed by atoms with Gasteiger partial charge in [-0.3, -0.25) is 9.48 Å². The first kappa shape index (κ1) is 20.7. The summed E-state index contributed by atoms with van der Waals surface area (Å²) in [4.78, 5) is 16.0. The summed E-state index contributed by atoms with van der Waals surface area (Å²) < 4.78 is 1.69. The zero-order valence-corrected chi connectivity index (χ0v) is 19.8. The minimum Gasteiger partial charge on any atom is -0.271 e. The molecule has 5 nitrogen and oxygen atoms in total. The summed E-state index contributed by atoms with van der Waals surface area (Å²) in [5.74, 6) is 0.459. The van der Waals surface area contributed by atoms with Gasteiger partial charge in [0.2, 0.25) is 0 Å². The van der Waals surface area contributed by atoms with Crippen LogP contribution in [0, 0.1) is 11.8 Å². The van der Waals surface area contributed by atoms with Crippen LogP contribution in [0.2, 0.25) is 5.02 Å². The number of fused-ring (bicyclic) bond motifs is 1. The van der Waals surface area contributed by atoms with Gasteiger partial charge in [0.15, 0.2) is 5.69 Å². The first-order valence-electron chi connectivity index (χ1n) is 10.5. The van der Waals surface area contributed by atoms with E-state index in [1.54, 1.807) is 38.6 Å². The zero-order chi connectivity index (χ0) is 21.5. The van der Waals surface area contributed by atoms with Gasteiger partial charge in [-0.2, -0.15) is 10.2 Å². The van der Waals surface area contributed by atoms with Gasteiger partial charge in [-0.25, -0.2) is 5.01 Å².